The number of amides is 1. The number of aliphatic hydroxyl groups excluding tert-OH is 1. The van der Waals surface area contributed by atoms with Crippen LogP contribution < -0.4 is 10.2 Å². The summed E-state index contributed by atoms with van der Waals surface area (Å²) in [5, 5.41) is 13.9. The number of rotatable bonds is 6. The first-order valence-electron chi connectivity index (χ1n) is 13.0. The molecule has 40 heavy (non-hydrogen) atoms. The van der Waals surface area contributed by atoms with Gasteiger partial charge in [-0.3, -0.25) is 9.78 Å². The van der Waals surface area contributed by atoms with Crippen LogP contribution >= 0.6 is 0 Å². The Bertz CT molecular complexity index is 1740. The lowest BCUT2D eigenvalue weighted by atomic mass is 9.91. The number of aromatic nitrogens is 3. The van der Waals surface area contributed by atoms with Crippen LogP contribution in [-0.4, -0.2) is 59.8 Å². The number of aliphatic hydroxyl groups is 1. The standard InChI is InChI=1S/C29H28FN5O4S/c1-40(38,39)22-12-19(11-20(30)13-22)28(37)32-16-21-14-25-18(15-31-21)5-6-24(33-25)23-3-2-4-27(34-23)35-10-7-26(36)29(17-35)8-9-29/h2-6,11-15,26,36H,7-10,16-17H2,1H3,(H,32,37)/t26-/m1/s1. The first-order chi connectivity index (χ1) is 19.1. The van der Waals surface area contributed by atoms with Gasteiger partial charge in [0.2, 0.25) is 0 Å². The number of pyridine rings is 3. The number of piperidine rings is 1. The van der Waals surface area contributed by atoms with Gasteiger partial charge in [-0.15, -0.1) is 0 Å². The first kappa shape index (κ1) is 26.3. The van der Waals surface area contributed by atoms with Crippen molar-refractivity contribution < 1.29 is 22.7 Å². The maximum absolute atomic E-state index is 13.9. The van der Waals surface area contributed by atoms with Crippen molar-refractivity contribution in [3.05, 3.63) is 77.9 Å². The zero-order chi connectivity index (χ0) is 28.1. The summed E-state index contributed by atoms with van der Waals surface area (Å²) in [6.45, 7) is 1.61. The molecule has 206 valence electrons. The number of carbonyl (C=O) groups is 1. The Kier molecular flexibility index (Phi) is 6.50. The van der Waals surface area contributed by atoms with Gasteiger partial charge in [0.15, 0.2) is 9.84 Å². The molecular formula is C29H28FN5O4S. The third-order valence-electron chi connectivity index (χ3n) is 7.72. The number of hydrogen-bond donors (Lipinski definition) is 2. The van der Waals surface area contributed by atoms with Crippen molar-refractivity contribution in [2.45, 2.75) is 36.8 Å². The van der Waals surface area contributed by atoms with Crippen LogP contribution in [0.3, 0.4) is 0 Å². The normalized spacial score (nSPS) is 18.2. The molecular weight excluding hydrogens is 533 g/mol. The fourth-order valence-corrected chi connectivity index (χ4v) is 5.88. The summed E-state index contributed by atoms with van der Waals surface area (Å²) >= 11 is 0. The molecule has 11 heteroatoms. The highest BCUT2D eigenvalue weighted by Gasteiger charge is 2.52. The minimum Gasteiger partial charge on any atom is -0.392 e. The van der Waals surface area contributed by atoms with Crippen LogP contribution in [0.25, 0.3) is 22.3 Å². The number of carbonyl (C=O) groups excluding carboxylic acids is 1. The fraction of sp³-hybridized carbons (Fsp3) is 0.310. The van der Waals surface area contributed by atoms with Gasteiger partial charge in [0.1, 0.15) is 11.6 Å². The zero-order valence-electron chi connectivity index (χ0n) is 21.8. The van der Waals surface area contributed by atoms with Crippen molar-refractivity contribution in [1.82, 2.24) is 20.3 Å². The molecule has 2 fully saturated rings. The molecule has 3 aromatic heterocycles. The second-order valence-electron chi connectivity index (χ2n) is 10.7. The highest BCUT2D eigenvalue weighted by Crippen LogP contribution is 2.52. The molecule has 1 spiro atoms. The lowest BCUT2D eigenvalue weighted by Crippen LogP contribution is -2.45. The third-order valence-corrected chi connectivity index (χ3v) is 8.81. The molecule has 6 rings (SSSR count). The van der Waals surface area contributed by atoms with E-state index in [0.717, 1.165) is 73.7 Å². The second-order valence-corrected chi connectivity index (χ2v) is 12.7. The minimum absolute atomic E-state index is 0.0145. The summed E-state index contributed by atoms with van der Waals surface area (Å²) in [4.78, 5) is 28.7. The molecule has 9 nitrogen and oxygen atoms in total. The van der Waals surface area contributed by atoms with E-state index in [1.807, 2.05) is 30.3 Å². The molecule has 4 aromatic rings. The van der Waals surface area contributed by atoms with Crippen molar-refractivity contribution in [2.75, 3.05) is 24.2 Å². The van der Waals surface area contributed by atoms with E-state index in [-0.39, 0.29) is 28.5 Å². The van der Waals surface area contributed by atoms with Crippen LogP contribution in [0.15, 0.2) is 65.7 Å². The Balaban J connectivity index is 1.20. The average molecular weight is 562 g/mol. The van der Waals surface area contributed by atoms with E-state index in [1.54, 1.807) is 12.3 Å². The molecule has 1 saturated heterocycles. The molecule has 2 N–H and O–H groups in total. The van der Waals surface area contributed by atoms with Gasteiger partial charge in [-0.05, 0) is 67.8 Å². The number of benzene rings is 1. The van der Waals surface area contributed by atoms with E-state index in [2.05, 4.69) is 15.2 Å². The van der Waals surface area contributed by atoms with E-state index in [4.69, 9.17) is 9.97 Å². The fourth-order valence-electron chi connectivity index (χ4n) is 5.22. The maximum Gasteiger partial charge on any atom is 0.251 e. The summed E-state index contributed by atoms with van der Waals surface area (Å²) in [7, 11) is -3.67. The van der Waals surface area contributed by atoms with Gasteiger partial charge in [0, 0.05) is 41.9 Å². The summed E-state index contributed by atoms with van der Waals surface area (Å²) in [5.41, 5.74) is 2.56. The molecule has 1 aliphatic carbocycles. The number of halogens is 1. The lowest BCUT2D eigenvalue weighted by Gasteiger charge is -2.37. The van der Waals surface area contributed by atoms with E-state index in [0.29, 0.717) is 16.9 Å². The van der Waals surface area contributed by atoms with Gasteiger partial charge < -0.3 is 15.3 Å². The number of nitrogens with zero attached hydrogens (tertiary/aromatic N) is 4. The van der Waals surface area contributed by atoms with Crippen molar-refractivity contribution in [3.8, 4) is 11.4 Å². The van der Waals surface area contributed by atoms with Crippen LogP contribution in [0.5, 0.6) is 0 Å². The number of sulfone groups is 1. The van der Waals surface area contributed by atoms with Crippen molar-refractivity contribution in [2.24, 2.45) is 5.41 Å². The Labute approximate surface area is 231 Å². The number of hydrogen-bond acceptors (Lipinski definition) is 8. The van der Waals surface area contributed by atoms with E-state index in [9.17, 15) is 22.7 Å². The summed E-state index contributed by atoms with van der Waals surface area (Å²) in [6.07, 6.45) is 5.23. The molecule has 1 amide bonds. The SMILES string of the molecule is CS(=O)(=O)c1cc(F)cc(C(=O)NCc2cc3nc(-c4cccc(N5CC[C@@H](O)C6(CC6)C5)n4)ccc3cn2)c1. The van der Waals surface area contributed by atoms with Crippen LogP contribution in [-0.2, 0) is 16.4 Å². The predicted molar refractivity (Wildman–Crippen MR) is 148 cm³/mol. The van der Waals surface area contributed by atoms with Crippen molar-refractivity contribution >= 4 is 32.5 Å². The van der Waals surface area contributed by atoms with Crippen LogP contribution in [0.2, 0.25) is 0 Å². The monoisotopic (exact) mass is 561 g/mol. The van der Waals surface area contributed by atoms with Crippen LogP contribution in [0, 0.1) is 11.2 Å². The van der Waals surface area contributed by atoms with Crippen molar-refractivity contribution in [3.63, 3.8) is 0 Å². The molecule has 4 heterocycles. The van der Waals surface area contributed by atoms with E-state index >= 15 is 0 Å². The molecule has 0 radical (unpaired) electrons. The number of nitrogens with one attached hydrogen (secondary N) is 1. The topological polar surface area (TPSA) is 125 Å². The smallest absolute Gasteiger partial charge is 0.251 e. The highest BCUT2D eigenvalue weighted by atomic mass is 32.2. The molecule has 1 aromatic carbocycles. The Morgan fingerprint density at radius 2 is 1.93 bits per heavy atom. The Hall–Kier alpha value is -3.96. The highest BCUT2D eigenvalue weighted by molar-refractivity contribution is 7.90. The van der Waals surface area contributed by atoms with Gasteiger partial charge in [0.05, 0.1) is 40.1 Å². The Morgan fingerprint density at radius 3 is 2.70 bits per heavy atom. The predicted octanol–water partition coefficient (Wildman–Crippen LogP) is 3.52. The molecule has 0 bridgehead atoms. The van der Waals surface area contributed by atoms with E-state index in [1.165, 1.54) is 0 Å². The summed E-state index contributed by atoms with van der Waals surface area (Å²) in [6, 6.07) is 14.4. The largest absolute Gasteiger partial charge is 0.392 e. The summed E-state index contributed by atoms with van der Waals surface area (Å²) < 4.78 is 37.5. The molecule has 1 aliphatic heterocycles. The van der Waals surface area contributed by atoms with E-state index < -0.39 is 21.6 Å². The van der Waals surface area contributed by atoms with Gasteiger partial charge in [-0.25, -0.2) is 22.8 Å². The minimum atomic E-state index is -3.67. The molecule has 1 atom stereocenters. The summed E-state index contributed by atoms with van der Waals surface area (Å²) in [5.74, 6) is -0.560. The third kappa shape index (κ3) is 5.26. The second kappa shape index (κ2) is 9.90. The average Bonchev–Trinajstić information content (AvgIpc) is 3.72. The maximum atomic E-state index is 13.9. The van der Waals surface area contributed by atoms with Gasteiger partial charge in [-0.1, -0.05) is 6.07 Å². The van der Waals surface area contributed by atoms with Crippen LogP contribution in [0.4, 0.5) is 10.2 Å². The number of anilines is 1. The molecule has 0 unspecified atom stereocenters. The molecule has 1 saturated carbocycles. The lowest BCUT2D eigenvalue weighted by molar-refractivity contribution is 0.0734. The molecule has 2 aliphatic rings. The zero-order valence-corrected chi connectivity index (χ0v) is 22.7. The quantitative estimate of drug-likeness (QED) is 0.366. The van der Waals surface area contributed by atoms with Gasteiger partial charge in [0.25, 0.3) is 5.91 Å². The first-order valence-corrected chi connectivity index (χ1v) is 14.9. The van der Waals surface area contributed by atoms with Crippen LogP contribution in [0.1, 0.15) is 35.3 Å². The number of fused-ring (bicyclic) bond motifs is 1. The van der Waals surface area contributed by atoms with Gasteiger partial charge in [-0.2, -0.15) is 0 Å². The van der Waals surface area contributed by atoms with Gasteiger partial charge >= 0.3 is 0 Å². The van der Waals surface area contributed by atoms with Crippen molar-refractivity contribution in [1.29, 1.82) is 0 Å². The Morgan fingerprint density at radius 1 is 1.12 bits per heavy atom.